The summed E-state index contributed by atoms with van der Waals surface area (Å²) in [5, 5.41) is 0. The first-order valence-electron chi connectivity index (χ1n) is 14.1. The van der Waals surface area contributed by atoms with E-state index < -0.39 is 30.2 Å². The molecule has 3 rings (SSSR count). The van der Waals surface area contributed by atoms with Crippen LogP contribution >= 0.6 is 0 Å². The lowest BCUT2D eigenvalue weighted by atomic mass is 9.70. The van der Waals surface area contributed by atoms with Crippen molar-refractivity contribution in [3.63, 3.8) is 0 Å². The van der Waals surface area contributed by atoms with E-state index in [1.807, 2.05) is 39.0 Å². The molecular formula is C32H38F6O5. The topological polar surface area (TPSA) is 54.0 Å². The lowest BCUT2D eigenvalue weighted by Crippen LogP contribution is -2.57. The van der Waals surface area contributed by atoms with E-state index in [4.69, 9.17) is 9.47 Å². The normalized spacial score (nSPS) is 16.9. The highest BCUT2D eigenvalue weighted by molar-refractivity contribution is 5.70. The van der Waals surface area contributed by atoms with Gasteiger partial charge in [0, 0.05) is 18.9 Å². The Bertz CT molecular complexity index is 1270. The van der Waals surface area contributed by atoms with Crippen LogP contribution in [0.3, 0.4) is 0 Å². The Kier molecular flexibility index (Phi) is 11.0. The number of cyclic esters (lactones) is 1. The van der Waals surface area contributed by atoms with Crippen molar-refractivity contribution in [2.24, 2.45) is 0 Å². The molecule has 1 atom stereocenters. The molecule has 238 valence electrons. The first-order chi connectivity index (χ1) is 20.1. The number of rotatable bonds is 12. The van der Waals surface area contributed by atoms with Gasteiger partial charge < -0.3 is 18.9 Å². The van der Waals surface area contributed by atoms with Crippen LogP contribution in [0.15, 0.2) is 42.5 Å². The van der Waals surface area contributed by atoms with E-state index in [1.54, 1.807) is 19.1 Å². The van der Waals surface area contributed by atoms with Crippen LogP contribution in [0.1, 0.15) is 73.8 Å². The highest BCUT2D eigenvalue weighted by atomic mass is 19.4. The predicted molar refractivity (Wildman–Crippen MR) is 150 cm³/mol. The molecule has 0 N–H and O–H groups in total. The second-order valence-electron chi connectivity index (χ2n) is 10.8. The van der Waals surface area contributed by atoms with Crippen LogP contribution < -0.4 is 4.74 Å². The molecule has 0 saturated carbocycles. The summed E-state index contributed by atoms with van der Waals surface area (Å²) in [5.74, 6) is 0.440. The summed E-state index contributed by atoms with van der Waals surface area (Å²) in [7, 11) is 0.940. The molecule has 0 aliphatic carbocycles. The number of hydrogen-bond donors (Lipinski definition) is 0. The third-order valence-electron chi connectivity index (χ3n) is 8.13. The third kappa shape index (κ3) is 7.37. The van der Waals surface area contributed by atoms with Crippen LogP contribution in [0.5, 0.6) is 5.75 Å². The fourth-order valence-corrected chi connectivity index (χ4v) is 5.50. The van der Waals surface area contributed by atoms with Crippen LogP contribution in [0.2, 0.25) is 0 Å². The number of halogens is 6. The van der Waals surface area contributed by atoms with Gasteiger partial charge in [0.1, 0.15) is 25.3 Å². The monoisotopic (exact) mass is 616 g/mol. The third-order valence-corrected chi connectivity index (χ3v) is 8.13. The number of alkyl halides is 6. The van der Waals surface area contributed by atoms with Crippen molar-refractivity contribution in [1.82, 2.24) is 0 Å². The van der Waals surface area contributed by atoms with Gasteiger partial charge in [0.25, 0.3) is 5.60 Å². The van der Waals surface area contributed by atoms with Crippen molar-refractivity contribution in [1.29, 1.82) is 0 Å². The van der Waals surface area contributed by atoms with Gasteiger partial charge in [-0.1, -0.05) is 50.3 Å². The molecule has 5 nitrogen and oxygen atoms in total. The number of methoxy groups -OCH3 is 1. The van der Waals surface area contributed by atoms with Gasteiger partial charge in [-0.3, -0.25) is 4.79 Å². The summed E-state index contributed by atoms with van der Waals surface area (Å²) in [5.41, 5.74) is -1.56. The second-order valence-corrected chi connectivity index (χ2v) is 10.8. The van der Waals surface area contributed by atoms with E-state index in [-0.39, 0.29) is 30.3 Å². The maximum atomic E-state index is 13.7. The molecule has 2 aromatic carbocycles. The summed E-state index contributed by atoms with van der Waals surface area (Å²) < 4.78 is 102. The number of hydrogen-bond acceptors (Lipinski definition) is 5. The van der Waals surface area contributed by atoms with Gasteiger partial charge in [-0.2, -0.15) is 26.3 Å². The Hall–Kier alpha value is -3.05. The number of carbonyl (C=O) groups is 1. The van der Waals surface area contributed by atoms with Crippen LogP contribution in [0.4, 0.5) is 26.3 Å². The fraction of sp³-hybridized carbons (Fsp3) is 0.531. The number of aryl methyl sites for hydroxylation is 2. The highest BCUT2D eigenvalue weighted by Gasteiger charge is 2.71. The Balaban J connectivity index is 1.92. The molecule has 0 unspecified atom stereocenters. The number of carbonyl (C=O) groups excluding carboxylic acids is 1. The summed E-state index contributed by atoms with van der Waals surface area (Å²) in [4.78, 5) is 11.6. The van der Waals surface area contributed by atoms with Crippen molar-refractivity contribution in [3.8, 4) is 5.75 Å². The van der Waals surface area contributed by atoms with Gasteiger partial charge in [0.05, 0.1) is 0 Å². The van der Waals surface area contributed by atoms with Gasteiger partial charge in [-0.05, 0) is 79.5 Å². The molecule has 11 heteroatoms. The highest BCUT2D eigenvalue weighted by Crippen LogP contribution is 2.47. The van der Waals surface area contributed by atoms with Gasteiger partial charge in [0.2, 0.25) is 0 Å². The summed E-state index contributed by atoms with van der Waals surface area (Å²) >= 11 is 0. The Morgan fingerprint density at radius 2 is 1.53 bits per heavy atom. The smallest absolute Gasteiger partial charge is 0.430 e. The van der Waals surface area contributed by atoms with E-state index >= 15 is 0 Å². The van der Waals surface area contributed by atoms with Crippen molar-refractivity contribution in [2.75, 3.05) is 20.5 Å². The molecule has 43 heavy (non-hydrogen) atoms. The van der Waals surface area contributed by atoms with Crippen molar-refractivity contribution in [2.45, 2.75) is 89.3 Å². The molecule has 1 saturated heterocycles. The van der Waals surface area contributed by atoms with E-state index in [9.17, 15) is 31.1 Å². The van der Waals surface area contributed by atoms with Gasteiger partial charge in [-0.15, -0.1) is 0 Å². The molecule has 0 spiro atoms. The summed E-state index contributed by atoms with van der Waals surface area (Å²) in [6.45, 7) is 6.66. The van der Waals surface area contributed by atoms with Crippen LogP contribution in [0, 0.1) is 13.8 Å². The van der Waals surface area contributed by atoms with Crippen LogP contribution in [-0.2, 0) is 24.4 Å². The van der Waals surface area contributed by atoms with Gasteiger partial charge in [0.15, 0.2) is 0 Å². The molecule has 0 bridgehead atoms. The van der Waals surface area contributed by atoms with E-state index in [2.05, 4.69) is 9.47 Å². The quantitative estimate of drug-likeness (QED) is 0.136. The van der Waals surface area contributed by atoms with Gasteiger partial charge >= 0.3 is 18.3 Å². The van der Waals surface area contributed by atoms with E-state index in [1.165, 1.54) is 6.07 Å². The first-order valence-corrected chi connectivity index (χ1v) is 14.1. The Morgan fingerprint density at radius 1 is 0.930 bits per heavy atom. The zero-order valence-electron chi connectivity index (χ0n) is 25.0. The minimum atomic E-state index is -5.78. The molecule has 2 aromatic rings. The summed E-state index contributed by atoms with van der Waals surface area (Å²) in [6, 6.07) is 10.9. The molecule has 1 fully saturated rings. The van der Waals surface area contributed by atoms with Crippen LogP contribution in [0.25, 0.3) is 6.08 Å². The Morgan fingerprint density at radius 3 is 2.05 bits per heavy atom. The van der Waals surface area contributed by atoms with Gasteiger partial charge in [-0.25, -0.2) is 0 Å². The zero-order chi connectivity index (χ0) is 32.1. The van der Waals surface area contributed by atoms with E-state index in [0.29, 0.717) is 30.6 Å². The van der Waals surface area contributed by atoms with Crippen LogP contribution in [-0.4, -0.2) is 50.5 Å². The molecule has 0 radical (unpaired) electrons. The SMILES string of the molecule is CCC(CC)(c1ccc(/C=C/C(OCOC)(C(F)(F)F)C(F)(F)F)c(C)c1)c1ccc(OC[C@H]2CCCC(=O)O2)c(C)c1. The predicted octanol–water partition coefficient (Wildman–Crippen LogP) is 8.38. The second kappa shape index (κ2) is 13.7. The minimum absolute atomic E-state index is 0.00271. The number of esters is 1. The van der Waals surface area contributed by atoms with Crippen molar-refractivity contribution in [3.05, 3.63) is 70.3 Å². The molecule has 1 aliphatic heterocycles. The number of benzene rings is 2. The van der Waals surface area contributed by atoms with E-state index in [0.717, 1.165) is 42.7 Å². The first kappa shape index (κ1) is 34.4. The lowest BCUT2D eigenvalue weighted by Gasteiger charge is -2.35. The lowest BCUT2D eigenvalue weighted by molar-refractivity contribution is -0.372. The number of ether oxygens (including phenoxy) is 4. The molecule has 0 aromatic heterocycles. The minimum Gasteiger partial charge on any atom is -0.489 e. The fourth-order valence-electron chi connectivity index (χ4n) is 5.50. The van der Waals surface area contributed by atoms with Crippen molar-refractivity contribution < 1.29 is 50.1 Å². The standard InChI is InChI=1S/C32H38F6O5/c1-6-29(7-2,25-13-14-27(22(4)18-25)41-19-26-9-8-10-28(39)43-26)24-12-11-23(21(3)17-24)15-16-30(31(33,34)35,32(36,37)38)42-20-40-5/h11-18,26H,6-10,19-20H2,1-5H3/b16-15+/t26-/m1/s1. The Labute approximate surface area is 248 Å². The van der Waals surface area contributed by atoms with Crippen molar-refractivity contribution >= 4 is 12.0 Å². The largest absolute Gasteiger partial charge is 0.489 e. The average molecular weight is 617 g/mol. The maximum absolute atomic E-state index is 13.7. The average Bonchev–Trinajstić information content (AvgIpc) is 2.93. The molecule has 1 heterocycles. The molecule has 0 amide bonds. The molecular weight excluding hydrogens is 578 g/mol. The molecule has 1 aliphatic rings. The summed E-state index contributed by atoms with van der Waals surface area (Å²) in [6.07, 6.45) is -7.75. The maximum Gasteiger partial charge on any atom is 0.430 e. The zero-order valence-corrected chi connectivity index (χ0v) is 25.0.